The number of nitrogens with zero attached hydrogens (tertiary/aromatic N) is 3. The smallest absolute Gasteiger partial charge is 0.318 e. The number of aromatic nitrogens is 2. The fourth-order valence-electron chi connectivity index (χ4n) is 1.95. The minimum absolute atomic E-state index is 0.297. The molecule has 0 radical (unpaired) electrons. The quantitative estimate of drug-likeness (QED) is 0.791. The lowest BCUT2D eigenvalue weighted by atomic mass is 10.1. The van der Waals surface area contributed by atoms with Gasteiger partial charge in [0.25, 0.3) is 0 Å². The lowest BCUT2D eigenvalue weighted by Gasteiger charge is -2.30. The van der Waals surface area contributed by atoms with E-state index in [0.29, 0.717) is 30.4 Å². The number of rotatable bonds is 7. The van der Waals surface area contributed by atoms with Crippen molar-refractivity contribution in [3.8, 4) is 0 Å². The lowest BCUT2D eigenvalue weighted by Crippen LogP contribution is -2.37. The average Bonchev–Trinajstić information content (AvgIpc) is 2.77. The molecule has 0 aliphatic rings. The number of hydrogen-bond donors (Lipinski definition) is 1. The van der Waals surface area contributed by atoms with E-state index in [1.807, 2.05) is 0 Å². The van der Waals surface area contributed by atoms with Crippen LogP contribution in [0.25, 0.3) is 0 Å². The molecule has 1 rings (SSSR count). The summed E-state index contributed by atoms with van der Waals surface area (Å²) in [5, 5.41) is 8.02. The summed E-state index contributed by atoms with van der Waals surface area (Å²) in [5.41, 5.74) is 5.49. The van der Waals surface area contributed by atoms with Gasteiger partial charge in [-0.05, 0) is 18.8 Å². The van der Waals surface area contributed by atoms with Gasteiger partial charge >= 0.3 is 6.01 Å². The van der Waals surface area contributed by atoms with Crippen LogP contribution in [0.15, 0.2) is 4.42 Å². The zero-order chi connectivity index (χ0) is 12.8. The molecule has 5 heteroatoms. The largest absolute Gasteiger partial charge is 0.407 e. The summed E-state index contributed by atoms with van der Waals surface area (Å²) in [4.78, 5) is 2.21. The van der Waals surface area contributed by atoms with Gasteiger partial charge in [0.2, 0.25) is 5.89 Å². The normalized spacial score (nSPS) is 11.5. The minimum Gasteiger partial charge on any atom is -0.407 e. The standard InChI is InChI=1S/C12H24N4O/c1-5-10(6-2)16(8-9(3)4)12-15-14-11(7-13)17-12/h9-10H,5-8,13H2,1-4H3. The fraction of sp³-hybridized carbons (Fsp3) is 0.833. The third kappa shape index (κ3) is 3.70. The summed E-state index contributed by atoms with van der Waals surface area (Å²) >= 11 is 0. The van der Waals surface area contributed by atoms with Crippen LogP contribution in [0.3, 0.4) is 0 Å². The summed E-state index contributed by atoms with van der Waals surface area (Å²) in [6.07, 6.45) is 2.15. The van der Waals surface area contributed by atoms with Crippen molar-refractivity contribution in [3.63, 3.8) is 0 Å². The van der Waals surface area contributed by atoms with Crippen LogP contribution < -0.4 is 10.6 Å². The van der Waals surface area contributed by atoms with Crippen molar-refractivity contribution in [3.05, 3.63) is 5.89 Å². The predicted octanol–water partition coefficient (Wildman–Crippen LogP) is 2.18. The van der Waals surface area contributed by atoms with Gasteiger partial charge < -0.3 is 15.1 Å². The monoisotopic (exact) mass is 240 g/mol. The van der Waals surface area contributed by atoms with Crippen molar-refractivity contribution in [1.29, 1.82) is 0 Å². The summed E-state index contributed by atoms with van der Waals surface area (Å²) in [5.74, 6) is 1.06. The summed E-state index contributed by atoms with van der Waals surface area (Å²) in [7, 11) is 0. The van der Waals surface area contributed by atoms with Crippen LogP contribution in [0.5, 0.6) is 0 Å². The summed E-state index contributed by atoms with van der Waals surface area (Å²) in [6.45, 7) is 9.97. The van der Waals surface area contributed by atoms with Crippen LogP contribution in [0.1, 0.15) is 46.4 Å². The molecule has 17 heavy (non-hydrogen) atoms. The summed E-state index contributed by atoms with van der Waals surface area (Å²) < 4.78 is 5.56. The van der Waals surface area contributed by atoms with E-state index in [1.54, 1.807) is 0 Å². The Morgan fingerprint density at radius 2 is 1.88 bits per heavy atom. The van der Waals surface area contributed by atoms with Gasteiger partial charge in [-0.1, -0.05) is 32.8 Å². The molecule has 0 atom stereocenters. The van der Waals surface area contributed by atoms with Crippen LogP contribution in [0.4, 0.5) is 6.01 Å². The molecule has 0 spiro atoms. The molecule has 2 N–H and O–H groups in total. The van der Waals surface area contributed by atoms with E-state index in [0.717, 1.165) is 19.4 Å². The molecular weight excluding hydrogens is 216 g/mol. The van der Waals surface area contributed by atoms with Gasteiger partial charge in [0.1, 0.15) is 0 Å². The van der Waals surface area contributed by atoms with Crippen LogP contribution in [0, 0.1) is 5.92 Å². The van der Waals surface area contributed by atoms with Gasteiger partial charge in [0.15, 0.2) is 0 Å². The Labute approximate surface area is 103 Å². The maximum absolute atomic E-state index is 5.56. The second kappa shape index (κ2) is 6.59. The first kappa shape index (κ1) is 14.0. The molecule has 0 aliphatic carbocycles. The SMILES string of the molecule is CCC(CC)N(CC(C)C)c1nnc(CN)o1. The average molecular weight is 240 g/mol. The molecule has 0 amide bonds. The van der Waals surface area contributed by atoms with Gasteiger partial charge in [0.05, 0.1) is 6.54 Å². The molecule has 98 valence electrons. The molecule has 0 fully saturated rings. The maximum Gasteiger partial charge on any atom is 0.318 e. The number of nitrogens with two attached hydrogens (primary N) is 1. The molecule has 1 heterocycles. The predicted molar refractivity (Wildman–Crippen MR) is 68.7 cm³/mol. The molecular formula is C12H24N4O. The minimum atomic E-state index is 0.297. The first-order valence-electron chi connectivity index (χ1n) is 6.41. The third-order valence-corrected chi connectivity index (χ3v) is 2.82. The molecule has 0 saturated carbocycles. The highest BCUT2D eigenvalue weighted by Gasteiger charge is 2.21. The third-order valence-electron chi connectivity index (χ3n) is 2.82. The maximum atomic E-state index is 5.56. The zero-order valence-electron chi connectivity index (χ0n) is 11.3. The van der Waals surface area contributed by atoms with Crippen molar-refractivity contribution in [2.45, 2.75) is 53.1 Å². The van der Waals surface area contributed by atoms with Crippen LogP contribution in [-0.2, 0) is 6.54 Å². The van der Waals surface area contributed by atoms with Crippen LogP contribution >= 0.6 is 0 Å². The molecule has 1 aromatic rings. The van der Waals surface area contributed by atoms with E-state index in [9.17, 15) is 0 Å². The molecule has 0 unspecified atom stereocenters. The second-order valence-corrected chi connectivity index (χ2v) is 4.70. The Kier molecular flexibility index (Phi) is 5.41. The van der Waals surface area contributed by atoms with Gasteiger partial charge in [-0.3, -0.25) is 0 Å². The first-order valence-corrected chi connectivity index (χ1v) is 6.41. The van der Waals surface area contributed by atoms with E-state index in [-0.39, 0.29) is 0 Å². The highest BCUT2D eigenvalue weighted by Crippen LogP contribution is 2.20. The van der Waals surface area contributed by atoms with E-state index >= 15 is 0 Å². The van der Waals surface area contributed by atoms with Crippen molar-refractivity contribution >= 4 is 6.01 Å². The van der Waals surface area contributed by atoms with Gasteiger partial charge in [0, 0.05) is 12.6 Å². The highest BCUT2D eigenvalue weighted by atomic mass is 16.4. The molecule has 0 bridgehead atoms. The number of anilines is 1. The van der Waals surface area contributed by atoms with Crippen molar-refractivity contribution in [2.24, 2.45) is 11.7 Å². The Hall–Kier alpha value is -1.10. The lowest BCUT2D eigenvalue weighted by molar-refractivity contribution is 0.430. The summed E-state index contributed by atoms with van der Waals surface area (Å²) in [6, 6.07) is 1.05. The zero-order valence-corrected chi connectivity index (χ0v) is 11.3. The van der Waals surface area contributed by atoms with Gasteiger partial charge in [-0.15, -0.1) is 5.10 Å². The van der Waals surface area contributed by atoms with Gasteiger partial charge in [-0.25, -0.2) is 0 Å². The number of hydrogen-bond acceptors (Lipinski definition) is 5. The topological polar surface area (TPSA) is 68.2 Å². The van der Waals surface area contributed by atoms with Crippen molar-refractivity contribution in [2.75, 3.05) is 11.4 Å². The highest BCUT2D eigenvalue weighted by molar-refractivity contribution is 5.26. The van der Waals surface area contributed by atoms with Crippen LogP contribution in [0.2, 0.25) is 0 Å². The van der Waals surface area contributed by atoms with E-state index in [2.05, 4.69) is 42.8 Å². The van der Waals surface area contributed by atoms with Crippen molar-refractivity contribution < 1.29 is 4.42 Å². The Bertz CT molecular complexity index is 320. The Balaban J connectivity index is 2.88. The Morgan fingerprint density at radius 3 is 2.29 bits per heavy atom. The fourth-order valence-corrected chi connectivity index (χ4v) is 1.95. The molecule has 0 saturated heterocycles. The van der Waals surface area contributed by atoms with E-state index < -0.39 is 0 Å². The van der Waals surface area contributed by atoms with Crippen LogP contribution in [-0.4, -0.2) is 22.8 Å². The van der Waals surface area contributed by atoms with E-state index in [1.165, 1.54) is 0 Å². The van der Waals surface area contributed by atoms with E-state index in [4.69, 9.17) is 10.2 Å². The Morgan fingerprint density at radius 1 is 1.24 bits per heavy atom. The molecule has 1 aromatic heterocycles. The molecule has 5 nitrogen and oxygen atoms in total. The molecule has 0 aromatic carbocycles. The van der Waals surface area contributed by atoms with Crippen molar-refractivity contribution in [1.82, 2.24) is 10.2 Å². The first-order chi connectivity index (χ1) is 8.12. The second-order valence-electron chi connectivity index (χ2n) is 4.70. The van der Waals surface area contributed by atoms with Gasteiger partial charge in [-0.2, -0.15) is 0 Å². The molecule has 0 aliphatic heterocycles.